The van der Waals surface area contributed by atoms with Crippen LogP contribution >= 0.6 is 11.6 Å². The molecule has 0 bridgehead atoms. The average Bonchev–Trinajstić information content (AvgIpc) is 3.21. The van der Waals surface area contributed by atoms with Crippen molar-refractivity contribution in [2.45, 2.75) is 81.3 Å². The molecule has 5 nitrogen and oxygen atoms in total. The van der Waals surface area contributed by atoms with Gasteiger partial charge in [0.25, 0.3) is 5.92 Å². The van der Waals surface area contributed by atoms with E-state index < -0.39 is 27.3 Å². The van der Waals surface area contributed by atoms with E-state index in [0.29, 0.717) is 55.1 Å². The van der Waals surface area contributed by atoms with Gasteiger partial charge in [0, 0.05) is 43.0 Å². The smallest absolute Gasteiger partial charge is 0.254 e. The molecule has 0 N–H and O–H groups in total. The number of rotatable bonds is 6. The lowest BCUT2D eigenvalue weighted by Crippen LogP contribution is -2.51. The number of carbonyl (C=O) groups excluding carboxylic acids is 1. The number of amides is 1. The highest BCUT2D eigenvalue weighted by Crippen LogP contribution is 2.67. The Hall–Kier alpha value is -2.03. The predicted molar refractivity (Wildman–Crippen MR) is 142 cm³/mol. The molecular formula is C28H34ClF2N3O2S. The fourth-order valence-corrected chi connectivity index (χ4v) is 8.32. The molecule has 0 aromatic heterocycles. The number of benzene rings is 2. The zero-order valence-electron chi connectivity index (χ0n) is 21.3. The van der Waals surface area contributed by atoms with E-state index in [1.54, 1.807) is 23.5 Å². The fourth-order valence-electron chi connectivity index (χ4n) is 6.10. The van der Waals surface area contributed by atoms with Gasteiger partial charge < -0.3 is 4.90 Å². The van der Waals surface area contributed by atoms with Crippen LogP contribution in [0.3, 0.4) is 0 Å². The highest BCUT2D eigenvalue weighted by Gasteiger charge is 2.70. The lowest BCUT2D eigenvalue weighted by atomic mass is 9.82. The van der Waals surface area contributed by atoms with Gasteiger partial charge in [-0.3, -0.25) is 4.79 Å². The van der Waals surface area contributed by atoms with Gasteiger partial charge >= 0.3 is 0 Å². The molecule has 1 spiro atoms. The lowest BCUT2D eigenvalue weighted by molar-refractivity contribution is -0.139. The average molecular weight is 550 g/mol. The summed E-state index contributed by atoms with van der Waals surface area (Å²) in [5.74, 6) is -2.67. The van der Waals surface area contributed by atoms with Crippen molar-refractivity contribution in [2.75, 3.05) is 13.6 Å². The summed E-state index contributed by atoms with van der Waals surface area (Å²) in [6, 6.07) is 14.1. The Balaban J connectivity index is 1.43. The van der Waals surface area contributed by atoms with E-state index in [1.807, 2.05) is 48.2 Å². The minimum atomic E-state index is -2.97. The van der Waals surface area contributed by atoms with Crippen molar-refractivity contribution in [3.8, 4) is 0 Å². The SMILES string of the molecule is CN=[S@](=O)(c1ccc(C)cc1)N1CCC[C@H]1C(=O)N(Cc1ccc(Cl)cc1)C1CCC2(CC1)CC2(F)F. The molecule has 2 saturated carbocycles. The molecule has 2 aliphatic carbocycles. The predicted octanol–water partition coefficient (Wildman–Crippen LogP) is 6.48. The Morgan fingerprint density at radius 3 is 2.30 bits per heavy atom. The number of alkyl halides is 2. The first-order valence-corrected chi connectivity index (χ1v) is 14.9. The van der Waals surface area contributed by atoms with Gasteiger partial charge in [-0.15, -0.1) is 0 Å². The standard InChI is InChI=1S/C28H34ClF2N3O2S/c1-20-5-11-24(12-6-20)37(36,32-2)34-17-3-4-25(34)26(35)33(18-21-7-9-22(29)10-8-21)23-13-15-27(16-14-23)19-28(27,30)31/h5-12,23,25H,3-4,13-19H2,1-2H3/t23?,25-,27?,37+/m0/s1. The summed E-state index contributed by atoms with van der Waals surface area (Å²) < 4.78 is 48.4. The van der Waals surface area contributed by atoms with Crippen LogP contribution in [0, 0.1) is 12.3 Å². The molecule has 1 saturated heterocycles. The van der Waals surface area contributed by atoms with Crippen LogP contribution in [0.2, 0.25) is 5.02 Å². The maximum Gasteiger partial charge on any atom is 0.254 e. The molecule has 2 atom stereocenters. The van der Waals surface area contributed by atoms with E-state index >= 15 is 0 Å². The van der Waals surface area contributed by atoms with Gasteiger partial charge in [-0.1, -0.05) is 41.4 Å². The van der Waals surface area contributed by atoms with Crippen LogP contribution in [0.25, 0.3) is 0 Å². The third-order valence-corrected chi connectivity index (χ3v) is 11.2. The number of nitrogens with zero attached hydrogens (tertiary/aromatic N) is 3. The second-order valence-electron chi connectivity index (χ2n) is 10.8. The summed E-state index contributed by atoms with van der Waals surface area (Å²) in [5, 5.41) is 0.613. The first-order valence-electron chi connectivity index (χ1n) is 13.0. The molecule has 2 aromatic carbocycles. The number of halogens is 3. The van der Waals surface area contributed by atoms with Crippen LogP contribution in [0.1, 0.15) is 56.1 Å². The molecule has 3 aliphatic rings. The van der Waals surface area contributed by atoms with Crippen LogP contribution in [0.4, 0.5) is 8.78 Å². The molecule has 2 aromatic rings. The second-order valence-corrected chi connectivity index (χ2v) is 13.5. The summed E-state index contributed by atoms with van der Waals surface area (Å²) in [6.07, 6.45) is 3.24. The first kappa shape index (κ1) is 26.6. The van der Waals surface area contributed by atoms with Gasteiger partial charge in [0.15, 0.2) is 0 Å². The number of aryl methyl sites for hydroxylation is 1. The van der Waals surface area contributed by atoms with Crippen molar-refractivity contribution in [1.82, 2.24) is 9.21 Å². The van der Waals surface area contributed by atoms with Crippen LogP contribution in [-0.4, -0.2) is 50.9 Å². The Labute approximate surface area is 223 Å². The summed E-state index contributed by atoms with van der Waals surface area (Å²) in [5.41, 5.74) is 1.11. The molecular weight excluding hydrogens is 516 g/mol. The Morgan fingerprint density at radius 2 is 1.73 bits per heavy atom. The van der Waals surface area contributed by atoms with E-state index in [4.69, 9.17) is 11.6 Å². The topological polar surface area (TPSA) is 53.0 Å². The van der Waals surface area contributed by atoms with Crippen molar-refractivity contribution in [1.29, 1.82) is 0 Å². The van der Waals surface area contributed by atoms with Gasteiger partial charge in [-0.25, -0.2) is 21.7 Å². The Morgan fingerprint density at radius 1 is 1.11 bits per heavy atom. The molecule has 1 heterocycles. The van der Waals surface area contributed by atoms with Crippen molar-refractivity contribution >= 4 is 27.4 Å². The lowest BCUT2D eigenvalue weighted by Gasteiger charge is -2.40. The van der Waals surface area contributed by atoms with Gasteiger partial charge in [0.2, 0.25) is 5.91 Å². The molecule has 200 valence electrons. The van der Waals surface area contributed by atoms with Crippen molar-refractivity contribution in [3.05, 3.63) is 64.7 Å². The zero-order chi connectivity index (χ0) is 26.4. The highest BCUT2D eigenvalue weighted by molar-refractivity contribution is 7.91. The molecule has 1 aliphatic heterocycles. The van der Waals surface area contributed by atoms with Crippen LogP contribution in [0.15, 0.2) is 57.8 Å². The van der Waals surface area contributed by atoms with Crippen LogP contribution < -0.4 is 0 Å². The minimum Gasteiger partial charge on any atom is -0.334 e. The Bertz CT molecular complexity index is 1270. The van der Waals surface area contributed by atoms with Crippen molar-refractivity contribution in [2.24, 2.45) is 9.78 Å². The maximum atomic E-state index is 14.2. The Kier molecular flexibility index (Phi) is 7.13. The van der Waals surface area contributed by atoms with E-state index in [0.717, 1.165) is 17.5 Å². The summed E-state index contributed by atoms with van der Waals surface area (Å²) >= 11 is 6.08. The minimum absolute atomic E-state index is 0.0368. The van der Waals surface area contributed by atoms with Crippen molar-refractivity contribution < 1.29 is 17.8 Å². The number of carbonyl (C=O) groups is 1. The highest BCUT2D eigenvalue weighted by atomic mass is 35.5. The number of hydrogen-bond acceptors (Lipinski definition) is 3. The molecule has 9 heteroatoms. The quantitative estimate of drug-likeness (QED) is 0.414. The molecule has 37 heavy (non-hydrogen) atoms. The van der Waals surface area contributed by atoms with E-state index in [1.165, 1.54) is 0 Å². The molecule has 1 amide bonds. The van der Waals surface area contributed by atoms with Crippen LogP contribution in [-0.2, 0) is 21.3 Å². The third kappa shape index (κ3) is 4.92. The first-order chi connectivity index (χ1) is 17.6. The normalized spacial score (nSPS) is 28.6. The van der Waals surface area contributed by atoms with Crippen molar-refractivity contribution in [3.63, 3.8) is 0 Å². The summed E-state index contributed by atoms with van der Waals surface area (Å²) in [6.45, 7) is 2.84. The van der Waals surface area contributed by atoms with E-state index in [-0.39, 0.29) is 18.4 Å². The second kappa shape index (κ2) is 9.93. The zero-order valence-corrected chi connectivity index (χ0v) is 22.9. The van der Waals surface area contributed by atoms with E-state index in [9.17, 15) is 17.8 Å². The molecule has 0 radical (unpaired) electrons. The molecule has 5 rings (SSSR count). The molecule has 3 fully saturated rings. The number of hydrogen-bond donors (Lipinski definition) is 0. The van der Waals surface area contributed by atoms with Gasteiger partial charge in [0.05, 0.1) is 4.90 Å². The summed E-state index contributed by atoms with van der Waals surface area (Å²) in [4.78, 5) is 16.7. The molecule has 0 unspecified atom stereocenters. The van der Waals surface area contributed by atoms with Crippen LogP contribution in [0.5, 0.6) is 0 Å². The monoisotopic (exact) mass is 549 g/mol. The maximum absolute atomic E-state index is 14.2. The fraction of sp³-hybridized carbons (Fsp3) is 0.536. The van der Waals surface area contributed by atoms with Gasteiger partial charge in [-0.2, -0.15) is 0 Å². The third-order valence-electron chi connectivity index (χ3n) is 8.50. The van der Waals surface area contributed by atoms with Gasteiger partial charge in [0.1, 0.15) is 16.0 Å². The van der Waals surface area contributed by atoms with Gasteiger partial charge in [-0.05, 0) is 75.3 Å². The van der Waals surface area contributed by atoms with E-state index in [2.05, 4.69) is 4.36 Å². The largest absolute Gasteiger partial charge is 0.334 e. The summed E-state index contributed by atoms with van der Waals surface area (Å²) in [7, 11) is -1.42.